The number of hydrogen-bond acceptors (Lipinski definition) is 5. The maximum atomic E-state index is 12.6. The topological polar surface area (TPSA) is 116 Å². The van der Waals surface area contributed by atoms with Crippen LogP contribution in [0.25, 0.3) is 16.6 Å². The molecule has 0 atom stereocenters. The fourth-order valence-electron chi connectivity index (χ4n) is 3.23. The molecule has 1 heterocycles. The van der Waals surface area contributed by atoms with Crippen molar-refractivity contribution in [3.63, 3.8) is 0 Å². The Labute approximate surface area is 220 Å². The first-order chi connectivity index (χ1) is 17.8. The molecule has 38 heavy (non-hydrogen) atoms. The normalized spacial score (nSPS) is 11.4. The molecular weight excluding hydrogens is 525 g/mol. The molecule has 0 aliphatic carbocycles. The molecule has 0 fully saturated rings. The summed E-state index contributed by atoms with van der Waals surface area (Å²) in [6.07, 6.45) is -3.30. The number of aliphatic carboxylic acids is 1. The summed E-state index contributed by atoms with van der Waals surface area (Å²) in [6.45, 7) is 3.39. The molecule has 0 radical (unpaired) electrons. The second kappa shape index (κ2) is 11.5. The number of rotatable bonds is 6. The lowest BCUT2D eigenvalue weighted by Gasteiger charge is -2.23. The van der Waals surface area contributed by atoms with E-state index >= 15 is 0 Å². The van der Waals surface area contributed by atoms with Crippen LogP contribution >= 0.6 is 11.6 Å². The number of carbonyl (C=O) groups is 2. The molecular formula is C26H24ClF3N4O4. The number of hydrogen-bond donors (Lipinski definition) is 4. The van der Waals surface area contributed by atoms with E-state index in [0.29, 0.717) is 10.6 Å². The standard InChI is InChI=1S/C24H23ClN4O2.C2HF3O2/c1-24(2,15-30)28-23(31)16-6-5-7-19(13-16)29-22-11-10-18(12-17(22)14-26-29)27-21-9-4-3-8-20(21)25;3-2(4,5)1(6)7/h3-14,27,30H,15H2,1-2H3,(H,28,31);(H,6,7). The molecule has 1 amide bonds. The summed E-state index contributed by atoms with van der Waals surface area (Å²) in [5.74, 6) is -3.00. The van der Waals surface area contributed by atoms with Crippen LogP contribution in [-0.4, -0.2) is 50.2 Å². The summed E-state index contributed by atoms with van der Waals surface area (Å²) in [7, 11) is 0. The van der Waals surface area contributed by atoms with Crippen LogP contribution in [0.3, 0.4) is 0 Å². The molecule has 0 aliphatic heterocycles. The van der Waals surface area contributed by atoms with Crippen molar-refractivity contribution >= 4 is 45.8 Å². The van der Waals surface area contributed by atoms with E-state index in [2.05, 4.69) is 15.7 Å². The third kappa shape index (κ3) is 7.24. The molecule has 12 heteroatoms. The number of aliphatic hydroxyl groups is 1. The molecule has 0 spiro atoms. The molecule has 0 unspecified atom stereocenters. The van der Waals surface area contributed by atoms with E-state index in [1.165, 1.54) is 0 Å². The minimum Gasteiger partial charge on any atom is -0.475 e. The first kappa shape index (κ1) is 28.5. The van der Waals surface area contributed by atoms with Crippen molar-refractivity contribution in [2.45, 2.75) is 25.6 Å². The smallest absolute Gasteiger partial charge is 0.475 e. The van der Waals surface area contributed by atoms with E-state index in [1.54, 1.807) is 36.9 Å². The Hall–Kier alpha value is -4.09. The van der Waals surface area contributed by atoms with Crippen LogP contribution in [0.2, 0.25) is 5.02 Å². The average Bonchev–Trinajstić information content (AvgIpc) is 3.28. The second-order valence-electron chi connectivity index (χ2n) is 8.78. The highest BCUT2D eigenvalue weighted by Gasteiger charge is 2.38. The predicted molar refractivity (Wildman–Crippen MR) is 138 cm³/mol. The largest absolute Gasteiger partial charge is 0.490 e. The van der Waals surface area contributed by atoms with Crippen LogP contribution in [0.15, 0.2) is 72.9 Å². The van der Waals surface area contributed by atoms with E-state index in [-0.39, 0.29) is 12.5 Å². The number of para-hydroxylation sites is 1. The monoisotopic (exact) mass is 548 g/mol. The van der Waals surface area contributed by atoms with Crippen LogP contribution < -0.4 is 10.6 Å². The number of anilines is 2. The molecule has 0 saturated carbocycles. The van der Waals surface area contributed by atoms with Crippen LogP contribution in [0, 0.1) is 0 Å². The van der Waals surface area contributed by atoms with E-state index in [1.807, 2.05) is 54.6 Å². The zero-order valence-corrected chi connectivity index (χ0v) is 21.0. The fourth-order valence-corrected chi connectivity index (χ4v) is 3.42. The van der Waals surface area contributed by atoms with Gasteiger partial charge in [-0.05, 0) is 62.4 Å². The third-order valence-electron chi connectivity index (χ3n) is 5.16. The Kier molecular flexibility index (Phi) is 8.64. The fraction of sp³-hybridized carbons (Fsp3) is 0.192. The van der Waals surface area contributed by atoms with Gasteiger partial charge in [0.25, 0.3) is 5.91 Å². The van der Waals surface area contributed by atoms with Gasteiger partial charge in [-0.2, -0.15) is 18.3 Å². The highest BCUT2D eigenvalue weighted by molar-refractivity contribution is 6.33. The van der Waals surface area contributed by atoms with Gasteiger partial charge in [-0.25, -0.2) is 9.48 Å². The number of carboxylic acids is 1. The van der Waals surface area contributed by atoms with Crippen LogP contribution in [0.1, 0.15) is 24.2 Å². The molecule has 0 saturated heterocycles. The van der Waals surface area contributed by atoms with Crippen molar-refractivity contribution in [1.29, 1.82) is 0 Å². The SMILES string of the molecule is CC(C)(CO)NC(=O)c1cccc(-n2ncc3cc(Nc4ccccc4Cl)ccc32)c1.O=C(O)C(F)(F)F. The minimum atomic E-state index is -5.08. The lowest BCUT2D eigenvalue weighted by Crippen LogP contribution is -2.46. The van der Waals surface area contributed by atoms with Gasteiger partial charge >= 0.3 is 12.1 Å². The quantitative estimate of drug-likeness (QED) is 0.251. The molecule has 4 aromatic rings. The van der Waals surface area contributed by atoms with E-state index < -0.39 is 17.7 Å². The number of aliphatic hydroxyl groups excluding tert-OH is 1. The average molecular weight is 549 g/mol. The Balaban J connectivity index is 0.000000505. The molecule has 0 bridgehead atoms. The lowest BCUT2D eigenvalue weighted by atomic mass is 10.1. The summed E-state index contributed by atoms with van der Waals surface area (Å²) in [4.78, 5) is 21.5. The van der Waals surface area contributed by atoms with Gasteiger partial charge in [0.1, 0.15) is 0 Å². The van der Waals surface area contributed by atoms with E-state index in [0.717, 1.165) is 28.0 Å². The van der Waals surface area contributed by atoms with E-state index in [9.17, 15) is 23.1 Å². The van der Waals surface area contributed by atoms with Gasteiger partial charge in [0, 0.05) is 16.6 Å². The molecule has 0 aliphatic rings. The van der Waals surface area contributed by atoms with Gasteiger partial charge in [0.05, 0.1) is 40.3 Å². The predicted octanol–water partition coefficient (Wildman–Crippen LogP) is 5.56. The molecule has 8 nitrogen and oxygen atoms in total. The zero-order valence-electron chi connectivity index (χ0n) is 20.3. The van der Waals surface area contributed by atoms with E-state index in [4.69, 9.17) is 21.5 Å². The highest BCUT2D eigenvalue weighted by Crippen LogP contribution is 2.28. The van der Waals surface area contributed by atoms with Gasteiger partial charge in [-0.15, -0.1) is 0 Å². The number of aromatic nitrogens is 2. The van der Waals surface area contributed by atoms with Crippen molar-refractivity contribution in [3.8, 4) is 5.69 Å². The highest BCUT2D eigenvalue weighted by atomic mass is 35.5. The van der Waals surface area contributed by atoms with Crippen LogP contribution in [0.5, 0.6) is 0 Å². The summed E-state index contributed by atoms with van der Waals surface area (Å²) in [5.41, 5.74) is 3.23. The number of benzene rings is 3. The number of carboxylic acid groups (broad SMARTS) is 1. The number of amides is 1. The van der Waals surface area contributed by atoms with Crippen LogP contribution in [-0.2, 0) is 4.79 Å². The van der Waals surface area contributed by atoms with Gasteiger partial charge in [0.2, 0.25) is 0 Å². The number of fused-ring (bicyclic) bond motifs is 1. The van der Waals surface area contributed by atoms with Gasteiger partial charge in [-0.1, -0.05) is 29.8 Å². The summed E-state index contributed by atoms with van der Waals surface area (Å²) in [5, 5.41) is 28.8. The Morgan fingerprint density at radius 1 is 1.03 bits per heavy atom. The third-order valence-corrected chi connectivity index (χ3v) is 5.49. The Morgan fingerprint density at radius 2 is 1.71 bits per heavy atom. The Morgan fingerprint density at radius 3 is 2.34 bits per heavy atom. The van der Waals surface area contributed by atoms with Crippen molar-refractivity contribution in [2.75, 3.05) is 11.9 Å². The maximum Gasteiger partial charge on any atom is 0.490 e. The lowest BCUT2D eigenvalue weighted by molar-refractivity contribution is -0.192. The molecule has 4 rings (SSSR count). The molecule has 4 N–H and O–H groups in total. The molecule has 3 aromatic carbocycles. The minimum absolute atomic E-state index is 0.146. The number of carbonyl (C=O) groups excluding carboxylic acids is 1. The first-order valence-electron chi connectivity index (χ1n) is 11.1. The number of alkyl halides is 3. The summed E-state index contributed by atoms with van der Waals surface area (Å²) in [6, 6.07) is 20.8. The molecule has 200 valence electrons. The summed E-state index contributed by atoms with van der Waals surface area (Å²) < 4.78 is 33.5. The van der Waals surface area contributed by atoms with Crippen molar-refractivity contribution in [3.05, 3.63) is 83.5 Å². The molecule has 1 aromatic heterocycles. The Bertz CT molecular complexity index is 1450. The van der Waals surface area contributed by atoms with Gasteiger partial charge in [-0.3, -0.25) is 4.79 Å². The van der Waals surface area contributed by atoms with Crippen molar-refractivity contribution < 1.29 is 33.0 Å². The van der Waals surface area contributed by atoms with Crippen LogP contribution in [0.4, 0.5) is 24.5 Å². The summed E-state index contributed by atoms with van der Waals surface area (Å²) >= 11 is 6.24. The van der Waals surface area contributed by atoms with Crippen molar-refractivity contribution in [1.82, 2.24) is 15.1 Å². The number of nitrogens with one attached hydrogen (secondary N) is 2. The first-order valence-corrected chi connectivity index (χ1v) is 11.5. The van der Waals surface area contributed by atoms with Gasteiger partial charge < -0.3 is 20.8 Å². The second-order valence-corrected chi connectivity index (χ2v) is 9.19. The number of nitrogens with zero attached hydrogens (tertiary/aromatic N) is 2. The zero-order chi connectivity index (χ0) is 28.1. The number of halogens is 4. The maximum absolute atomic E-state index is 12.6. The van der Waals surface area contributed by atoms with Gasteiger partial charge in [0.15, 0.2) is 0 Å². The van der Waals surface area contributed by atoms with Crippen molar-refractivity contribution in [2.24, 2.45) is 0 Å².